The van der Waals surface area contributed by atoms with Gasteiger partial charge in [0.2, 0.25) is 5.91 Å². The van der Waals surface area contributed by atoms with Gasteiger partial charge in [0, 0.05) is 38.7 Å². The molecule has 0 aliphatic rings. The van der Waals surface area contributed by atoms with E-state index in [4.69, 9.17) is 10.5 Å². The van der Waals surface area contributed by atoms with Gasteiger partial charge < -0.3 is 20.7 Å². The van der Waals surface area contributed by atoms with Crippen LogP contribution in [0.1, 0.15) is 13.3 Å². The number of hydrogen-bond acceptors (Lipinski definition) is 4. The number of amides is 1. The van der Waals surface area contributed by atoms with E-state index in [1.807, 2.05) is 43.1 Å². The Kier molecular flexibility index (Phi) is 6.15. The van der Waals surface area contributed by atoms with E-state index in [-0.39, 0.29) is 11.9 Å². The molecule has 0 fully saturated rings. The second-order valence-corrected chi connectivity index (χ2v) is 4.52. The molecule has 0 radical (unpaired) electrons. The molecule has 0 heterocycles. The second kappa shape index (κ2) is 7.63. The first-order chi connectivity index (χ1) is 9.06. The number of benzene rings is 1. The molecule has 5 heteroatoms. The van der Waals surface area contributed by atoms with Crippen LogP contribution in [0.2, 0.25) is 0 Å². The Labute approximate surface area is 114 Å². The van der Waals surface area contributed by atoms with E-state index < -0.39 is 0 Å². The molecular weight excluding hydrogens is 242 g/mol. The summed E-state index contributed by atoms with van der Waals surface area (Å²) in [6, 6.07) is 7.24. The van der Waals surface area contributed by atoms with E-state index in [2.05, 4.69) is 5.32 Å². The molecule has 1 amide bonds. The lowest BCUT2D eigenvalue weighted by Crippen LogP contribution is -2.43. The molecular formula is C14H23N3O2. The van der Waals surface area contributed by atoms with Crippen molar-refractivity contribution in [3.05, 3.63) is 24.3 Å². The van der Waals surface area contributed by atoms with Crippen molar-refractivity contribution in [2.75, 3.05) is 37.9 Å². The number of ether oxygens (including phenoxy) is 1. The Hall–Kier alpha value is -1.75. The zero-order chi connectivity index (χ0) is 14.3. The molecule has 0 aliphatic heterocycles. The van der Waals surface area contributed by atoms with Crippen LogP contribution in [-0.2, 0) is 9.53 Å². The number of nitrogen functional groups attached to an aromatic ring is 1. The number of anilines is 2. The summed E-state index contributed by atoms with van der Waals surface area (Å²) in [6.07, 6.45) is 0.820. The van der Waals surface area contributed by atoms with Crippen LogP contribution in [0.15, 0.2) is 24.3 Å². The molecule has 1 unspecified atom stereocenters. The minimum atomic E-state index is -0.230. The Bertz CT molecular complexity index is 392. The third-order valence-electron chi connectivity index (χ3n) is 3.09. The van der Waals surface area contributed by atoms with Gasteiger partial charge in [0.15, 0.2) is 0 Å². The molecule has 106 valence electrons. The van der Waals surface area contributed by atoms with Crippen LogP contribution in [0.4, 0.5) is 11.4 Å². The van der Waals surface area contributed by atoms with E-state index in [0.717, 1.165) is 12.1 Å². The quantitative estimate of drug-likeness (QED) is 0.575. The summed E-state index contributed by atoms with van der Waals surface area (Å²) in [5.74, 6) is 0.00966. The van der Waals surface area contributed by atoms with Gasteiger partial charge in [0.1, 0.15) is 6.04 Å². The zero-order valence-corrected chi connectivity index (χ0v) is 11.8. The Morgan fingerprint density at radius 2 is 2.05 bits per heavy atom. The first-order valence-corrected chi connectivity index (χ1v) is 6.41. The molecule has 0 saturated carbocycles. The largest absolute Gasteiger partial charge is 0.399 e. The standard InChI is InChI=1S/C14H23N3O2/c1-11(14(18)16-9-4-10-19-3)17(2)13-7-5-12(15)6-8-13/h5-8,11H,4,9-10,15H2,1-3H3,(H,16,18). The summed E-state index contributed by atoms with van der Waals surface area (Å²) in [5, 5.41) is 2.89. The summed E-state index contributed by atoms with van der Waals surface area (Å²) in [4.78, 5) is 13.9. The molecule has 0 aromatic heterocycles. The van der Waals surface area contributed by atoms with Crippen molar-refractivity contribution in [3.63, 3.8) is 0 Å². The summed E-state index contributed by atoms with van der Waals surface area (Å²) in [5.41, 5.74) is 7.33. The molecule has 19 heavy (non-hydrogen) atoms. The van der Waals surface area contributed by atoms with E-state index in [1.54, 1.807) is 7.11 Å². The molecule has 0 bridgehead atoms. The number of methoxy groups -OCH3 is 1. The van der Waals surface area contributed by atoms with E-state index in [0.29, 0.717) is 18.8 Å². The fourth-order valence-corrected chi connectivity index (χ4v) is 1.68. The topological polar surface area (TPSA) is 67.6 Å². The van der Waals surface area contributed by atoms with Crippen molar-refractivity contribution in [2.45, 2.75) is 19.4 Å². The Morgan fingerprint density at radius 3 is 2.63 bits per heavy atom. The number of nitrogens with two attached hydrogens (primary N) is 1. The van der Waals surface area contributed by atoms with E-state index in [1.165, 1.54) is 0 Å². The third kappa shape index (κ3) is 4.79. The highest BCUT2D eigenvalue weighted by Gasteiger charge is 2.17. The van der Waals surface area contributed by atoms with E-state index >= 15 is 0 Å². The normalized spacial score (nSPS) is 11.9. The van der Waals surface area contributed by atoms with Gasteiger partial charge in [-0.1, -0.05) is 0 Å². The maximum atomic E-state index is 12.0. The first kappa shape index (κ1) is 15.3. The van der Waals surface area contributed by atoms with Crippen molar-refractivity contribution in [1.29, 1.82) is 0 Å². The molecule has 3 N–H and O–H groups in total. The van der Waals surface area contributed by atoms with Crippen LogP contribution in [0.5, 0.6) is 0 Å². The molecule has 0 saturated heterocycles. The smallest absolute Gasteiger partial charge is 0.242 e. The number of nitrogens with one attached hydrogen (secondary N) is 1. The highest BCUT2D eigenvalue weighted by Crippen LogP contribution is 2.16. The van der Waals surface area contributed by atoms with Crippen LogP contribution in [0.3, 0.4) is 0 Å². The fraction of sp³-hybridized carbons (Fsp3) is 0.500. The number of carbonyl (C=O) groups excluding carboxylic acids is 1. The lowest BCUT2D eigenvalue weighted by Gasteiger charge is -2.26. The molecule has 5 nitrogen and oxygen atoms in total. The SMILES string of the molecule is COCCCNC(=O)C(C)N(C)c1ccc(N)cc1. The Balaban J connectivity index is 2.49. The number of carbonyl (C=O) groups is 1. The monoisotopic (exact) mass is 265 g/mol. The number of nitrogens with zero attached hydrogens (tertiary/aromatic N) is 1. The van der Waals surface area contributed by atoms with Crippen molar-refractivity contribution in [2.24, 2.45) is 0 Å². The predicted molar refractivity (Wildman–Crippen MR) is 78.2 cm³/mol. The maximum absolute atomic E-state index is 12.0. The van der Waals surface area contributed by atoms with Crippen LogP contribution in [-0.4, -0.2) is 39.3 Å². The van der Waals surface area contributed by atoms with Gasteiger partial charge in [-0.25, -0.2) is 0 Å². The Morgan fingerprint density at radius 1 is 1.42 bits per heavy atom. The van der Waals surface area contributed by atoms with Gasteiger partial charge in [0.25, 0.3) is 0 Å². The van der Waals surface area contributed by atoms with Gasteiger partial charge in [0.05, 0.1) is 0 Å². The molecule has 0 spiro atoms. The van der Waals surface area contributed by atoms with Crippen molar-refractivity contribution >= 4 is 17.3 Å². The van der Waals surface area contributed by atoms with Crippen molar-refractivity contribution in [1.82, 2.24) is 5.32 Å². The van der Waals surface area contributed by atoms with Gasteiger partial charge in [-0.15, -0.1) is 0 Å². The molecule has 1 aromatic carbocycles. The van der Waals surface area contributed by atoms with Crippen LogP contribution >= 0.6 is 0 Å². The van der Waals surface area contributed by atoms with Crippen molar-refractivity contribution < 1.29 is 9.53 Å². The average Bonchev–Trinajstić information content (AvgIpc) is 2.42. The lowest BCUT2D eigenvalue weighted by molar-refractivity contribution is -0.122. The third-order valence-corrected chi connectivity index (χ3v) is 3.09. The summed E-state index contributed by atoms with van der Waals surface area (Å²) < 4.78 is 4.94. The van der Waals surface area contributed by atoms with Crippen LogP contribution < -0.4 is 16.0 Å². The maximum Gasteiger partial charge on any atom is 0.242 e. The number of rotatable bonds is 7. The highest BCUT2D eigenvalue weighted by molar-refractivity contribution is 5.84. The summed E-state index contributed by atoms with van der Waals surface area (Å²) >= 11 is 0. The minimum absolute atomic E-state index is 0.00966. The number of hydrogen-bond donors (Lipinski definition) is 2. The van der Waals surface area contributed by atoms with Gasteiger partial charge >= 0.3 is 0 Å². The van der Waals surface area contributed by atoms with Gasteiger partial charge in [-0.05, 0) is 37.6 Å². The van der Waals surface area contributed by atoms with Gasteiger partial charge in [-0.3, -0.25) is 4.79 Å². The van der Waals surface area contributed by atoms with Crippen molar-refractivity contribution in [3.8, 4) is 0 Å². The summed E-state index contributed by atoms with van der Waals surface area (Å²) in [6.45, 7) is 3.16. The molecule has 1 aromatic rings. The minimum Gasteiger partial charge on any atom is -0.399 e. The fourth-order valence-electron chi connectivity index (χ4n) is 1.68. The predicted octanol–water partition coefficient (Wildman–Crippen LogP) is 1.25. The second-order valence-electron chi connectivity index (χ2n) is 4.52. The summed E-state index contributed by atoms with van der Waals surface area (Å²) in [7, 11) is 3.55. The van der Waals surface area contributed by atoms with Crippen LogP contribution in [0.25, 0.3) is 0 Å². The number of likely N-dealkylation sites (N-methyl/N-ethyl adjacent to an activating group) is 1. The van der Waals surface area contributed by atoms with Crippen LogP contribution in [0, 0.1) is 0 Å². The lowest BCUT2D eigenvalue weighted by atomic mass is 10.2. The molecule has 1 rings (SSSR count). The molecule has 1 atom stereocenters. The molecule has 0 aliphatic carbocycles. The first-order valence-electron chi connectivity index (χ1n) is 6.41. The van der Waals surface area contributed by atoms with E-state index in [9.17, 15) is 4.79 Å². The average molecular weight is 265 g/mol. The highest BCUT2D eigenvalue weighted by atomic mass is 16.5. The zero-order valence-electron chi connectivity index (χ0n) is 11.8. The van der Waals surface area contributed by atoms with Gasteiger partial charge in [-0.2, -0.15) is 0 Å².